The van der Waals surface area contributed by atoms with Gasteiger partial charge in [-0.15, -0.1) is 0 Å². The Hall–Kier alpha value is -2.60. The maximum atomic E-state index is 13.0. The first-order valence-electron chi connectivity index (χ1n) is 7.98. The lowest BCUT2D eigenvalue weighted by atomic mass is 10.0. The topological polar surface area (TPSA) is 65.0 Å². The van der Waals surface area contributed by atoms with Gasteiger partial charge < -0.3 is 19.3 Å². The van der Waals surface area contributed by atoms with E-state index < -0.39 is 0 Å². The molecular formula is C20H20O5S. The van der Waals surface area contributed by atoms with Gasteiger partial charge in [0.15, 0.2) is 11.5 Å². The average Bonchev–Trinajstić information content (AvgIpc) is 2.93. The van der Waals surface area contributed by atoms with E-state index in [0.717, 1.165) is 21.6 Å². The third-order valence-electron chi connectivity index (χ3n) is 4.28. The van der Waals surface area contributed by atoms with E-state index in [1.54, 1.807) is 13.2 Å². The summed E-state index contributed by atoms with van der Waals surface area (Å²) in [6.07, 6.45) is 1.82. The first-order valence-corrected chi connectivity index (χ1v) is 8.80. The smallest absolute Gasteiger partial charge is 0.204 e. The minimum atomic E-state index is -0.119. The van der Waals surface area contributed by atoms with Gasteiger partial charge in [-0.2, -0.15) is 0 Å². The van der Waals surface area contributed by atoms with Crippen molar-refractivity contribution in [1.82, 2.24) is 0 Å². The molecule has 0 spiro atoms. The maximum Gasteiger partial charge on any atom is 0.204 e. The van der Waals surface area contributed by atoms with Crippen LogP contribution in [-0.4, -0.2) is 32.2 Å². The van der Waals surface area contributed by atoms with E-state index in [9.17, 15) is 9.90 Å². The number of phenols is 1. The molecule has 0 atom stereocenters. The SMILES string of the molecule is COc1cc2c(c(OC)c1OC)C(=O)/C(=C/c1cc(C)c(O)c(C)c1)S2. The summed E-state index contributed by atoms with van der Waals surface area (Å²) in [5.74, 6) is 1.45. The van der Waals surface area contributed by atoms with Crippen LogP contribution in [0.25, 0.3) is 6.08 Å². The highest BCUT2D eigenvalue weighted by Crippen LogP contribution is 2.52. The van der Waals surface area contributed by atoms with Crippen LogP contribution < -0.4 is 14.2 Å². The Labute approximate surface area is 156 Å². The van der Waals surface area contributed by atoms with Gasteiger partial charge in [0.25, 0.3) is 0 Å². The molecule has 1 N–H and O–H groups in total. The third kappa shape index (κ3) is 2.90. The van der Waals surface area contributed by atoms with Crippen molar-refractivity contribution in [3.63, 3.8) is 0 Å². The molecule has 1 aliphatic rings. The Balaban J connectivity index is 2.10. The number of Topliss-reactive ketones (excluding diaryl/α,β-unsaturated/α-hetero) is 1. The molecule has 0 saturated carbocycles. The van der Waals surface area contributed by atoms with Gasteiger partial charge >= 0.3 is 0 Å². The fraction of sp³-hybridized carbons (Fsp3) is 0.250. The van der Waals surface area contributed by atoms with Crippen molar-refractivity contribution in [2.45, 2.75) is 18.7 Å². The van der Waals surface area contributed by atoms with Crippen molar-refractivity contribution < 1.29 is 24.1 Å². The molecule has 2 aromatic rings. The minimum Gasteiger partial charge on any atom is -0.507 e. The predicted octanol–water partition coefficient (Wildman–Crippen LogP) is 4.36. The molecule has 136 valence electrons. The Morgan fingerprint density at radius 3 is 2.12 bits per heavy atom. The highest BCUT2D eigenvalue weighted by atomic mass is 32.2. The second kappa shape index (κ2) is 6.96. The monoisotopic (exact) mass is 372 g/mol. The number of hydrogen-bond donors (Lipinski definition) is 1. The van der Waals surface area contributed by atoms with Gasteiger partial charge in [0.05, 0.1) is 31.8 Å². The molecule has 0 bridgehead atoms. The van der Waals surface area contributed by atoms with Crippen LogP contribution in [0.3, 0.4) is 0 Å². The number of hydrogen-bond acceptors (Lipinski definition) is 6. The number of aryl methyl sites for hydroxylation is 2. The number of fused-ring (bicyclic) bond motifs is 1. The van der Waals surface area contributed by atoms with E-state index >= 15 is 0 Å². The lowest BCUT2D eigenvalue weighted by molar-refractivity contribution is 0.104. The molecule has 26 heavy (non-hydrogen) atoms. The number of benzene rings is 2. The molecule has 0 saturated heterocycles. The summed E-state index contributed by atoms with van der Waals surface area (Å²) in [7, 11) is 4.56. The quantitative estimate of drug-likeness (QED) is 0.804. The maximum absolute atomic E-state index is 13.0. The second-order valence-electron chi connectivity index (χ2n) is 5.96. The molecule has 0 amide bonds. The van der Waals surface area contributed by atoms with Crippen LogP contribution in [0.4, 0.5) is 0 Å². The van der Waals surface area contributed by atoms with Gasteiger partial charge in [0.2, 0.25) is 11.5 Å². The van der Waals surface area contributed by atoms with Crippen molar-refractivity contribution in [2.24, 2.45) is 0 Å². The van der Waals surface area contributed by atoms with Crippen molar-refractivity contribution >= 4 is 23.6 Å². The number of ether oxygens (including phenoxy) is 3. The van der Waals surface area contributed by atoms with Crippen molar-refractivity contribution in [3.8, 4) is 23.0 Å². The normalized spacial score (nSPS) is 14.5. The van der Waals surface area contributed by atoms with Gasteiger partial charge in [0.1, 0.15) is 5.75 Å². The molecule has 5 nitrogen and oxygen atoms in total. The Morgan fingerprint density at radius 2 is 1.58 bits per heavy atom. The zero-order chi connectivity index (χ0) is 19.0. The minimum absolute atomic E-state index is 0.119. The first-order chi connectivity index (χ1) is 12.4. The first kappa shape index (κ1) is 18.2. The van der Waals surface area contributed by atoms with E-state index in [-0.39, 0.29) is 11.5 Å². The number of rotatable bonds is 4. The number of carbonyl (C=O) groups excluding carboxylic acids is 1. The van der Waals surface area contributed by atoms with E-state index in [4.69, 9.17) is 14.2 Å². The molecule has 0 aliphatic carbocycles. The molecule has 1 heterocycles. The van der Waals surface area contributed by atoms with E-state index in [1.165, 1.54) is 26.0 Å². The van der Waals surface area contributed by atoms with Gasteiger partial charge in [0, 0.05) is 4.90 Å². The van der Waals surface area contributed by atoms with E-state index in [2.05, 4.69) is 0 Å². The lowest BCUT2D eigenvalue weighted by Gasteiger charge is -2.14. The van der Waals surface area contributed by atoms with E-state index in [0.29, 0.717) is 27.7 Å². The molecule has 2 aromatic carbocycles. The fourth-order valence-corrected chi connectivity index (χ4v) is 4.12. The van der Waals surface area contributed by atoms with Crippen LogP contribution in [0.2, 0.25) is 0 Å². The van der Waals surface area contributed by atoms with Crippen molar-refractivity contribution in [1.29, 1.82) is 0 Å². The van der Waals surface area contributed by atoms with Crippen molar-refractivity contribution in [2.75, 3.05) is 21.3 Å². The molecule has 0 fully saturated rings. The third-order valence-corrected chi connectivity index (χ3v) is 5.34. The Bertz CT molecular complexity index is 907. The van der Waals surface area contributed by atoms with Crippen LogP contribution in [0, 0.1) is 13.8 Å². The molecule has 1 aliphatic heterocycles. The predicted molar refractivity (Wildman–Crippen MR) is 102 cm³/mol. The summed E-state index contributed by atoms with van der Waals surface area (Å²) in [4.78, 5) is 14.3. The summed E-state index contributed by atoms with van der Waals surface area (Å²) in [6, 6.07) is 5.49. The summed E-state index contributed by atoms with van der Waals surface area (Å²) in [6.45, 7) is 3.67. The Kier molecular flexibility index (Phi) is 4.87. The molecular weight excluding hydrogens is 352 g/mol. The Morgan fingerprint density at radius 1 is 0.962 bits per heavy atom. The summed E-state index contributed by atoms with van der Waals surface area (Å²) >= 11 is 1.37. The van der Waals surface area contributed by atoms with Gasteiger partial charge in [-0.05, 0) is 54.8 Å². The number of allylic oxidation sites excluding steroid dienone is 1. The van der Waals surface area contributed by atoms with Crippen LogP contribution in [0.1, 0.15) is 27.0 Å². The van der Waals surface area contributed by atoms with E-state index in [1.807, 2.05) is 32.1 Å². The number of ketones is 1. The second-order valence-corrected chi connectivity index (χ2v) is 7.05. The van der Waals surface area contributed by atoms with Crippen LogP contribution in [-0.2, 0) is 0 Å². The number of carbonyl (C=O) groups is 1. The summed E-state index contributed by atoms with van der Waals surface area (Å²) < 4.78 is 16.2. The number of phenolic OH excluding ortho intramolecular Hbond substituents is 1. The summed E-state index contributed by atoms with van der Waals surface area (Å²) in [5.41, 5.74) is 2.88. The van der Waals surface area contributed by atoms with Crippen LogP contribution in [0.5, 0.6) is 23.0 Å². The molecule has 6 heteroatoms. The van der Waals surface area contributed by atoms with Crippen LogP contribution >= 0.6 is 11.8 Å². The zero-order valence-corrected chi connectivity index (χ0v) is 16.1. The van der Waals surface area contributed by atoms with Crippen LogP contribution in [0.15, 0.2) is 28.0 Å². The largest absolute Gasteiger partial charge is 0.507 e. The zero-order valence-electron chi connectivity index (χ0n) is 15.3. The molecule has 0 unspecified atom stereocenters. The van der Waals surface area contributed by atoms with Gasteiger partial charge in [-0.25, -0.2) is 0 Å². The highest BCUT2D eigenvalue weighted by molar-refractivity contribution is 8.04. The molecule has 3 rings (SSSR count). The van der Waals surface area contributed by atoms with Gasteiger partial charge in [-0.1, -0.05) is 11.8 Å². The van der Waals surface area contributed by atoms with Gasteiger partial charge in [-0.3, -0.25) is 4.79 Å². The fourth-order valence-electron chi connectivity index (χ4n) is 3.04. The number of thioether (sulfide) groups is 1. The number of aromatic hydroxyl groups is 1. The highest BCUT2D eigenvalue weighted by Gasteiger charge is 2.33. The average molecular weight is 372 g/mol. The molecule has 0 radical (unpaired) electrons. The molecule has 0 aromatic heterocycles. The summed E-state index contributed by atoms with van der Waals surface area (Å²) in [5, 5.41) is 9.93. The standard InChI is InChI=1S/C20H20O5S/c1-10-6-12(7-11(2)17(10)21)8-15-18(22)16-14(26-15)9-13(23-3)19(24-4)20(16)25-5/h6-9,21H,1-5H3/b15-8-. The number of methoxy groups -OCH3 is 3. The lowest BCUT2D eigenvalue weighted by Crippen LogP contribution is -2.02. The van der Waals surface area contributed by atoms with Crippen molar-refractivity contribution in [3.05, 3.63) is 45.4 Å².